The molecule has 1 aromatic carbocycles. The Balaban J connectivity index is 3.09. The molecule has 0 saturated heterocycles. The maximum Gasteiger partial charge on any atom is 0.119 e. The van der Waals surface area contributed by atoms with Crippen LogP contribution in [0.4, 0.5) is 0 Å². The molecule has 9 heavy (non-hydrogen) atoms. The number of rotatable bonds is 1. The van der Waals surface area contributed by atoms with Crippen LogP contribution in [0.15, 0.2) is 24.2 Å². The standard InChI is InChI=1S/C8H10O/c1-7-4-3-5-8(6-7)9-2/h3-6H,1-2H3/i5D. The van der Waals surface area contributed by atoms with E-state index >= 15 is 0 Å². The minimum atomic E-state index is 0.438. The van der Waals surface area contributed by atoms with E-state index in [-0.39, 0.29) is 0 Å². The fourth-order valence-corrected chi connectivity index (χ4v) is 0.670. The van der Waals surface area contributed by atoms with Crippen molar-refractivity contribution in [1.29, 1.82) is 0 Å². The van der Waals surface area contributed by atoms with Crippen LogP contribution in [0.25, 0.3) is 0 Å². The predicted molar refractivity (Wildman–Crippen MR) is 37.7 cm³/mol. The van der Waals surface area contributed by atoms with Crippen LogP contribution in [0.1, 0.15) is 6.93 Å². The molecule has 0 fully saturated rings. The third-order valence-electron chi connectivity index (χ3n) is 1.15. The van der Waals surface area contributed by atoms with Gasteiger partial charge in [0.05, 0.1) is 8.48 Å². The molecule has 0 atom stereocenters. The van der Waals surface area contributed by atoms with Crippen molar-refractivity contribution in [2.75, 3.05) is 7.11 Å². The lowest BCUT2D eigenvalue weighted by Crippen LogP contribution is -1.81. The first kappa shape index (κ1) is 4.86. The average molecular weight is 123 g/mol. The fourth-order valence-electron chi connectivity index (χ4n) is 0.670. The highest BCUT2D eigenvalue weighted by Gasteiger charge is 1.86. The van der Waals surface area contributed by atoms with E-state index in [9.17, 15) is 0 Å². The average Bonchev–Trinajstić information content (AvgIpc) is 1.94. The zero-order valence-electron chi connectivity index (χ0n) is 6.64. The van der Waals surface area contributed by atoms with Gasteiger partial charge < -0.3 is 4.74 Å². The first-order valence-electron chi connectivity index (χ1n) is 3.35. The van der Waals surface area contributed by atoms with E-state index in [0.717, 1.165) is 5.56 Å². The molecule has 0 aliphatic carbocycles. The summed E-state index contributed by atoms with van der Waals surface area (Å²) in [7, 11) is 1.58. The zero-order valence-corrected chi connectivity index (χ0v) is 5.64. The van der Waals surface area contributed by atoms with Gasteiger partial charge in [0.2, 0.25) is 0 Å². The van der Waals surface area contributed by atoms with Gasteiger partial charge in [-0.25, -0.2) is 0 Å². The second kappa shape index (κ2) is 2.53. The largest absolute Gasteiger partial charge is 0.497 e. The van der Waals surface area contributed by atoms with Crippen LogP contribution in [0.2, 0.25) is 0 Å². The minimum absolute atomic E-state index is 0.438. The number of hydrogen-bond donors (Lipinski definition) is 0. The van der Waals surface area contributed by atoms with Crippen LogP contribution in [0, 0.1) is 6.92 Å². The third-order valence-corrected chi connectivity index (χ3v) is 1.15. The van der Waals surface area contributed by atoms with Crippen molar-refractivity contribution in [2.24, 2.45) is 0 Å². The summed E-state index contributed by atoms with van der Waals surface area (Å²) in [5.74, 6) is 0.639. The molecule has 0 radical (unpaired) electrons. The van der Waals surface area contributed by atoms with Crippen LogP contribution >= 0.6 is 0 Å². The van der Waals surface area contributed by atoms with Gasteiger partial charge in [0.25, 0.3) is 0 Å². The summed E-state index contributed by atoms with van der Waals surface area (Å²) in [4.78, 5) is 0. The van der Waals surface area contributed by atoms with Gasteiger partial charge >= 0.3 is 0 Å². The van der Waals surface area contributed by atoms with E-state index in [2.05, 4.69) is 0 Å². The maximum atomic E-state index is 7.34. The Hall–Kier alpha value is -0.980. The molecule has 0 bridgehead atoms. The van der Waals surface area contributed by atoms with E-state index in [0.29, 0.717) is 11.8 Å². The highest BCUT2D eigenvalue weighted by molar-refractivity contribution is 5.27. The molecule has 48 valence electrons. The second-order valence-electron chi connectivity index (χ2n) is 1.93. The van der Waals surface area contributed by atoms with Gasteiger partial charge in [0.1, 0.15) is 5.75 Å². The lowest BCUT2D eigenvalue weighted by Gasteiger charge is -1.97. The molecule has 1 nitrogen and oxygen atoms in total. The Morgan fingerprint density at radius 2 is 2.44 bits per heavy atom. The molecule has 0 aromatic heterocycles. The Bertz CT molecular complexity index is 233. The van der Waals surface area contributed by atoms with Crippen molar-refractivity contribution in [2.45, 2.75) is 6.92 Å². The molecule has 0 saturated carbocycles. The Morgan fingerprint density at radius 1 is 1.67 bits per heavy atom. The van der Waals surface area contributed by atoms with Gasteiger partial charge in [-0.15, -0.1) is 0 Å². The SMILES string of the molecule is [2H]c1ccc(C)cc1OC. The number of methoxy groups -OCH3 is 1. The maximum absolute atomic E-state index is 7.34. The summed E-state index contributed by atoms with van der Waals surface area (Å²) in [5.41, 5.74) is 1.12. The lowest BCUT2D eigenvalue weighted by atomic mass is 10.2. The van der Waals surface area contributed by atoms with Gasteiger partial charge in [0.15, 0.2) is 0 Å². The van der Waals surface area contributed by atoms with E-state index in [1.54, 1.807) is 13.2 Å². The van der Waals surface area contributed by atoms with Crippen LogP contribution in [-0.2, 0) is 0 Å². The minimum Gasteiger partial charge on any atom is -0.497 e. The number of benzene rings is 1. The second-order valence-corrected chi connectivity index (χ2v) is 1.93. The predicted octanol–water partition coefficient (Wildman–Crippen LogP) is 2.00. The summed E-state index contributed by atoms with van der Waals surface area (Å²) >= 11 is 0. The number of aryl methyl sites for hydroxylation is 1. The van der Waals surface area contributed by atoms with Crippen LogP contribution in [0.3, 0.4) is 0 Å². The molecule has 1 heteroatoms. The quantitative estimate of drug-likeness (QED) is 0.555. The van der Waals surface area contributed by atoms with Crippen molar-refractivity contribution >= 4 is 0 Å². The molecule has 0 unspecified atom stereocenters. The van der Waals surface area contributed by atoms with Crippen molar-refractivity contribution in [3.63, 3.8) is 0 Å². The molecule has 0 amide bonds. The smallest absolute Gasteiger partial charge is 0.119 e. The Kier molecular flexibility index (Phi) is 1.37. The highest BCUT2D eigenvalue weighted by Crippen LogP contribution is 2.10. The molecule has 0 heterocycles. The first-order valence-corrected chi connectivity index (χ1v) is 2.85. The monoisotopic (exact) mass is 123 g/mol. The zero-order chi connectivity index (χ0) is 7.56. The van der Waals surface area contributed by atoms with Crippen molar-refractivity contribution in [3.8, 4) is 5.75 Å². The van der Waals surface area contributed by atoms with Gasteiger partial charge in [-0.2, -0.15) is 0 Å². The van der Waals surface area contributed by atoms with Crippen LogP contribution in [-0.4, -0.2) is 7.11 Å². The lowest BCUT2D eigenvalue weighted by molar-refractivity contribution is 0.414. The van der Waals surface area contributed by atoms with Gasteiger partial charge in [-0.05, 0) is 24.6 Å². The molecule has 0 N–H and O–H groups in total. The molecule has 0 aliphatic heterocycles. The Morgan fingerprint density at radius 3 is 3.00 bits per heavy atom. The summed E-state index contributed by atoms with van der Waals surface area (Å²) in [6, 6.07) is 5.91. The van der Waals surface area contributed by atoms with Crippen molar-refractivity contribution in [3.05, 3.63) is 29.8 Å². The van der Waals surface area contributed by atoms with E-state index in [1.165, 1.54) is 0 Å². The Labute approximate surface area is 56.7 Å². The van der Waals surface area contributed by atoms with Gasteiger partial charge in [-0.1, -0.05) is 12.1 Å². The first-order chi connectivity index (χ1) is 4.74. The molecule has 0 aliphatic rings. The third kappa shape index (κ3) is 1.46. The van der Waals surface area contributed by atoms with Crippen molar-refractivity contribution in [1.82, 2.24) is 0 Å². The van der Waals surface area contributed by atoms with Crippen molar-refractivity contribution < 1.29 is 6.11 Å². The summed E-state index contributed by atoms with van der Waals surface area (Å²) in [6.07, 6.45) is 0. The van der Waals surface area contributed by atoms with E-state index in [1.807, 2.05) is 19.1 Å². The molecular weight excluding hydrogens is 112 g/mol. The topological polar surface area (TPSA) is 9.23 Å². The molecule has 0 spiro atoms. The number of hydrogen-bond acceptors (Lipinski definition) is 1. The van der Waals surface area contributed by atoms with E-state index in [4.69, 9.17) is 6.11 Å². The van der Waals surface area contributed by atoms with Crippen LogP contribution in [0.5, 0.6) is 5.75 Å². The summed E-state index contributed by atoms with van der Waals surface area (Å²) in [6.45, 7) is 1.97. The summed E-state index contributed by atoms with van der Waals surface area (Å²) < 4.78 is 12.3. The highest BCUT2D eigenvalue weighted by atomic mass is 16.5. The van der Waals surface area contributed by atoms with Gasteiger partial charge in [0, 0.05) is 0 Å². The fraction of sp³-hybridized carbons (Fsp3) is 0.250. The van der Waals surface area contributed by atoms with Gasteiger partial charge in [-0.3, -0.25) is 0 Å². The molecule has 1 rings (SSSR count). The number of ether oxygens (including phenoxy) is 1. The van der Waals surface area contributed by atoms with Crippen LogP contribution < -0.4 is 4.74 Å². The normalized spacial score (nSPS) is 10.7. The van der Waals surface area contributed by atoms with E-state index < -0.39 is 0 Å². The summed E-state index contributed by atoms with van der Waals surface area (Å²) in [5, 5.41) is 0. The molecule has 1 aromatic rings. The molecular formula is C8H10O.